The molecule has 0 amide bonds. The van der Waals surface area contributed by atoms with E-state index in [4.69, 9.17) is 0 Å². The molecule has 1 aliphatic carbocycles. The summed E-state index contributed by atoms with van der Waals surface area (Å²) in [6, 6.07) is 7.31. The molecule has 2 aromatic rings. The van der Waals surface area contributed by atoms with Crippen molar-refractivity contribution in [2.45, 2.75) is 50.5 Å². The molecule has 116 valence electrons. The summed E-state index contributed by atoms with van der Waals surface area (Å²) >= 11 is 0. The molecule has 1 fully saturated rings. The predicted octanol–water partition coefficient (Wildman–Crippen LogP) is 6.71. The van der Waals surface area contributed by atoms with Crippen LogP contribution in [-0.4, -0.2) is 0 Å². The Morgan fingerprint density at radius 3 is 2.38 bits per heavy atom. The first kappa shape index (κ1) is 16.6. The van der Waals surface area contributed by atoms with E-state index >= 15 is 0 Å². The maximum absolute atomic E-state index is 13.5. The van der Waals surface area contributed by atoms with E-state index in [2.05, 4.69) is 0 Å². The van der Waals surface area contributed by atoms with Crippen LogP contribution in [0.1, 0.15) is 49.0 Å². The monoisotopic (exact) mass is 335 g/mol. The summed E-state index contributed by atoms with van der Waals surface area (Å²) in [5.41, 5.74) is -3.04. The molecule has 0 radical (unpaired) electrons. The summed E-state index contributed by atoms with van der Waals surface area (Å²) in [4.78, 5) is 0.637. The predicted molar refractivity (Wildman–Crippen MR) is 85.6 cm³/mol. The van der Waals surface area contributed by atoms with Crippen molar-refractivity contribution in [3.63, 3.8) is 0 Å². The molecule has 5 heteroatoms. The molecule has 1 aromatic carbocycles. The van der Waals surface area contributed by atoms with Crippen molar-refractivity contribution in [3.8, 4) is 0 Å². The van der Waals surface area contributed by atoms with Gasteiger partial charge in [0.05, 0.1) is 10.5 Å². The fourth-order valence-corrected chi connectivity index (χ4v) is 5.35. The lowest BCUT2D eigenvalue weighted by molar-refractivity contribution is -0.0868. The Labute approximate surface area is 131 Å². The third-order valence-corrected chi connectivity index (χ3v) is 6.42. The number of benzene rings is 1. The molecular weight excluding hydrogens is 317 g/mol. The van der Waals surface area contributed by atoms with E-state index in [0.717, 1.165) is 43.1 Å². The van der Waals surface area contributed by atoms with Crippen LogP contribution in [0, 0.1) is 0 Å². The molecule has 1 saturated carbocycles. The van der Waals surface area contributed by atoms with Gasteiger partial charge < -0.3 is 0 Å². The lowest BCUT2D eigenvalue weighted by atomic mass is 10.1. The minimum absolute atomic E-state index is 0. The standard InChI is InChI=1S/C16H18F3S.ClH/c1-2-11-7-8-14-13(9-11)10-15(12-5-3-4-6-12)20(14)16(17,18)19;/h7-10,12H,2-6H2,1H3;1H/q+1;. The molecule has 0 N–H and O–H groups in total. The Balaban J connectivity index is 0.00000161. The van der Waals surface area contributed by atoms with E-state index in [1.165, 1.54) is 0 Å². The molecule has 0 nitrogen and oxygen atoms in total. The van der Waals surface area contributed by atoms with E-state index in [1.54, 1.807) is 6.07 Å². The summed E-state index contributed by atoms with van der Waals surface area (Å²) in [5, 5.41) is 0.798. The van der Waals surface area contributed by atoms with Gasteiger partial charge in [-0.2, -0.15) is 0 Å². The third kappa shape index (κ3) is 3.07. The Bertz CT molecular complexity index is 624. The minimum Gasteiger partial charge on any atom is -0.147 e. The van der Waals surface area contributed by atoms with Crippen LogP contribution in [0.2, 0.25) is 0 Å². The highest BCUT2D eigenvalue weighted by molar-refractivity contribution is 7.38. The van der Waals surface area contributed by atoms with Gasteiger partial charge in [-0.15, -0.1) is 25.6 Å². The molecule has 1 unspecified atom stereocenters. The lowest BCUT2D eigenvalue weighted by Gasteiger charge is -2.05. The minimum atomic E-state index is -4.15. The van der Waals surface area contributed by atoms with Crippen molar-refractivity contribution < 1.29 is 13.2 Å². The maximum Gasteiger partial charge on any atom is 0.600 e. The van der Waals surface area contributed by atoms with E-state index in [9.17, 15) is 13.2 Å². The van der Waals surface area contributed by atoms with Crippen molar-refractivity contribution in [3.05, 3.63) is 34.7 Å². The SMILES string of the molecule is CCc1ccc2c(c1)cc(C1CCCC1)[s+]2C(F)(F)F.Cl. The molecule has 3 rings (SSSR count). The van der Waals surface area contributed by atoms with Gasteiger partial charge in [-0.25, -0.2) is 0 Å². The number of hydrogen-bond donors (Lipinski definition) is 0. The van der Waals surface area contributed by atoms with Crippen molar-refractivity contribution in [2.75, 3.05) is 0 Å². The van der Waals surface area contributed by atoms with Crippen LogP contribution in [0.5, 0.6) is 0 Å². The fraction of sp³-hybridized carbons (Fsp3) is 0.500. The molecule has 1 atom stereocenters. The van der Waals surface area contributed by atoms with Crippen LogP contribution in [0.15, 0.2) is 24.3 Å². The van der Waals surface area contributed by atoms with Crippen LogP contribution in [0.25, 0.3) is 10.1 Å². The van der Waals surface area contributed by atoms with Gasteiger partial charge in [0.15, 0.2) is 9.58 Å². The second kappa shape index (κ2) is 6.17. The average molecular weight is 336 g/mol. The second-order valence-electron chi connectivity index (χ2n) is 5.51. The average Bonchev–Trinajstić information content (AvgIpc) is 3.03. The number of alkyl halides is 3. The first-order valence-corrected chi connectivity index (χ1v) is 8.39. The highest BCUT2D eigenvalue weighted by Crippen LogP contribution is 2.55. The normalized spacial score (nSPS) is 17.2. The van der Waals surface area contributed by atoms with Crippen LogP contribution >= 0.6 is 22.9 Å². The van der Waals surface area contributed by atoms with Crippen LogP contribution < -0.4 is 0 Å². The van der Waals surface area contributed by atoms with Crippen molar-refractivity contribution in [1.82, 2.24) is 0 Å². The van der Waals surface area contributed by atoms with Crippen molar-refractivity contribution >= 4 is 33.0 Å². The van der Waals surface area contributed by atoms with E-state index in [1.807, 2.05) is 25.1 Å². The molecule has 0 aliphatic heterocycles. The quantitative estimate of drug-likeness (QED) is 0.535. The number of thiophene rings is 1. The number of rotatable bonds is 2. The Morgan fingerprint density at radius 1 is 1.14 bits per heavy atom. The van der Waals surface area contributed by atoms with E-state index in [0.29, 0.717) is 9.58 Å². The van der Waals surface area contributed by atoms with Gasteiger partial charge in [-0.3, -0.25) is 0 Å². The number of fused-ring (bicyclic) bond motifs is 1. The van der Waals surface area contributed by atoms with Gasteiger partial charge in [0.2, 0.25) is 0 Å². The Kier molecular flexibility index (Phi) is 4.89. The first-order valence-electron chi connectivity index (χ1n) is 7.16. The maximum atomic E-state index is 13.5. The molecule has 21 heavy (non-hydrogen) atoms. The van der Waals surface area contributed by atoms with Crippen LogP contribution in [-0.2, 0) is 11.9 Å². The molecule has 0 bridgehead atoms. The summed E-state index contributed by atoms with van der Waals surface area (Å²) in [5.74, 6) is 0.137. The molecule has 1 heterocycles. The second-order valence-corrected chi connectivity index (χ2v) is 7.49. The van der Waals surface area contributed by atoms with Gasteiger partial charge in [0.1, 0.15) is 0 Å². The highest BCUT2D eigenvalue weighted by atomic mass is 35.5. The zero-order valence-electron chi connectivity index (χ0n) is 11.9. The lowest BCUT2D eigenvalue weighted by Crippen LogP contribution is -2.00. The molecule has 1 aliphatic rings. The number of hydrogen-bond acceptors (Lipinski definition) is 0. The van der Waals surface area contributed by atoms with Gasteiger partial charge in [0, 0.05) is 17.4 Å². The van der Waals surface area contributed by atoms with Gasteiger partial charge in [-0.1, -0.05) is 25.8 Å². The van der Waals surface area contributed by atoms with Crippen LogP contribution in [0.3, 0.4) is 0 Å². The van der Waals surface area contributed by atoms with Crippen LogP contribution in [0.4, 0.5) is 13.2 Å². The molecular formula is C16H19ClF3S+. The molecule has 0 saturated heterocycles. The van der Waals surface area contributed by atoms with Gasteiger partial charge >= 0.3 is 5.51 Å². The highest BCUT2D eigenvalue weighted by Gasteiger charge is 2.49. The summed E-state index contributed by atoms with van der Waals surface area (Å²) in [6.45, 7) is 2.03. The Hall–Kier alpha value is -0.740. The molecule has 1 aromatic heterocycles. The zero-order chi connectivity index (χ0) is 14.3. The smallest absolute Gasteiger partial charge is 0.147 e. The van der Waals surface area contributed by atoms with E-state index in [-0.39, 0.29) is 18.3 Å². The summed E-state index contributed by atoms with van der Waals surface area (Å²) in [7, 11) is -1.70. The topological polar surface area (TPSA) is 0 Å². The fourth-order valence-electron chi connectivity index (χ4n) is 3.21. The van der Waals surface area contributed by atoms with E-state index < -0.39 is 16.0 Å². The largest absolute Gasteiger partial charge is 0.600 e. The van der Waals surface area contributed by atoms with Gasteiger partial charge in [0.25, 0.3) is 0 Å². The Morgan fingerprint density at radius 2 is 1.81 bits per heavy atom. The summed E-state index contributed by atoms with van der Waals surface area (Å²) in [6.07, 6.45) is 4.82. The summed E-state index contributed by atoms with van der Waals surface area (Å²) < 4.78 is 41.0. The molecule has 0 spiro atoms. The number of halogens is 4. The first-order chi connectivity index (χ1) is 9.50. The van der Waals surface area contributed by atoms with Crippen molar-refractivity contribution in [1.29, 1.82) is 0 Å². The van der Waals surface area contributed by atoms with Gasteiger partial charge in [-0.05, 0) is 37.0 Å². The van der Waals surface area contributed by atoms with Crippen molar-refractivity contribution in [2.24, 2.45) is 0 Å². The third-order valence-electron chi connectivity index (χ3n) is 4.22. The zero-order valence-corrected chi connectivity index (χ0v) is 13.5. The number of aryl methyl sites for hydroxylation is 1.